The quantitative estimate of drug-likeness (QED) is 0.614. The summed E-state index contributed by atoms with van der Waals surface area (Å²) >= 11 is 0. The van der Waals surface area contributed by atoms with Crippen LogP contribution in [0.15, 0.2) is 0 Å². The largest absolute Gasteiger partial charge is 0.481 e. The molecule has 1 rings (SSSR count). The van der Waals surface area contributed by atoms with Crippen LogP contribution in [-0.4, -0.2) is 30.3 Å². The lowest BCUT2D eigenvalue weighted by atomic mass is 10.3. The molecule has 12 heavy (non-hydrogen) atoms. The minimum absolute atomic E-state index is 0.0255. The van der Waals surface area contributed by atoms with Crippen molar-refractivity contribution in [2.24, 2.45) is 5.73 Å². The van der Waals surface area contributed by atoms with Crippen molar-refractivity contribution < 1.29 is 14.6 Å². The molecule has 4 nitrogen and oxygen atoms in total. The van der Waals surface area contributed by atoms with Crippen LogP contribution in [0, 0.1) is 0 Å². The van der Waals surface area contributed by atoms with Gasteiger partial charge in [-0.1, -0.05) is 13.3 Å². The monoisotopic (exact) mass is 175 g/mol. The van der Waals surface area contributed by atoms with Gasteiger partial charge in [0.15, 0.2) is 0 Å². The predicted octanol–water partition coefficient (Wildman–Crippen LogP) is 0.605. The van der Waals surface area contributed by atoms with Crippen LogP contribution in [0.5, 0.6) is 0 Å². The molecule has 0 bridgehead atoms. The fourth-order valence-corrected chi connectivity index (χ4v) is 0.585. The van der Waals surface area contributed by atoms with Crippen LogP contribution >= 0.6 is 0 Å². The van der Waals surface area contributed by atoms with Gasteiger partial charge in [-0.15, -0.1) is 0 Å². The topological polar surface area (TPSA) is 75.9 Å². The van der Waals surface area contributed by atoms with Gasteiger partial charge in [0.1, 0.15) is 0 Å². The van der Waals surface area contributed by atoms with Gasteiger partial charge in [0.05, 0.1) is 19.1 Å². The van der Waals surface area contributed by atoms with E-state index in [0.29, 0.717) is 6.61 Å². The van der Waals surface area contributed by atoms with Crippen LogP contribution in [0.1, 0.15) is 26.2 Å². The molecular weight excluding hydrogens is 158 g/mol. The Morgan fingerprint density at radius 2 is 2.33 bits per heavy atom. The van der Waals surface area contributed by atoms with Gasteiger partial charge in [-0.05, 0) is 13.0 Å². The van der Waals surface area contributed by atoms with Crippen molar-refractivity contribution in [3.8, 4) is 0 Å². The number of carboxylic acids is 1. The highest BCUT2D eigenvalue weighted by atomic mass is 16.6. The summed E-state index contributed by atoms with van der Waals surface area (Å²) in [5.41, 5.74) is 5.14. The van der Waals surface area contributed by atoms with E-state index in [1.54, 1.807) is 0 Å². The highest BCUT2D eigenvalue weighted by molar-refractivity contribution is 5.67. The second-order valence-electron chi connectivity index (χ2n) is 2.70. The van der Waals surface area contributed by atoms with Gasteiger partial charge in [0.25, 0.3) is 0 Å². The Morgan fingerprint density at radius 3 is 2.42 bits per heavy atom. The van der Waals surface area contributed by atoms with E-state index in [4.69, 9.17) is 10.8 Å². The van der Waals surface area contributed by atoms with Gasteiger partial charge >= 0.3 is 5.97 Å². The maximum Gasteiger partial charge on any atom is 0.306 e. The van der Waals surface area contributed by atoms with Crippen LogP contribution in [0.3, 0.4) is 0 Å². The average Bonchev–Trinajstić information content (AvgIpc) is 2.73. The van der Waals surface area contributed by atoms with Crippen molar-refractivity contribution in [2.75, 3.05) is 13.2 Å². The highest BCUT2D eigenvalue weighted by Gasteiger charge is 2.24. The van der Waals surface area contributed by atoms with Gasteiger partial charge in [-0.3, -0.25) is 4.79 Å². The van der Waals surface area contributed by atoms with Gasteiger partial charge in [0.2, 0.25) is 0 Å². The number of aliphatic carboxylic acids is 1. The zero-order valence-electron chi connectivity index (χ0n) is 7.45. The Morgan fingerprint density at radius 1 is 1.75 bits per heavy atom. The van der Waals surface area contributed by atoms with E-state index in [0.717, 1.165) is 6.54 Å². The Hall–Kier alpha value is -0.610. The van der Waals surface area contributed by atoms with Gasteiger partial charge in [-0.2, -0.15) is 0 Å². The number of ether oxygens (including phenoxy) is 1. The lowest BCUT2D eigenvalue weighted by Gasteiger charge is -1.80. The summed E-state index contributed by atoms with van der Waals surface area (Å²) < 4.78 is 4.64. The molecule has 3 N–H and O–H groups in total. The smallest absolute Gasteiger partial charge is 0.306 e. The molecule has 0 radical (unpaired) electrons. The first kappa shape index (κ1) is 11.4. The third-order valence-corrected chi connectivity index (χ3v) is 1.36. The van der Waals surface area contributed by atoms with E-state index < -0.39 is 5.97 Å². The number of carbonyl (C=O) groups is 1. The summed E-state index contributed by atoms with van der Waals surface area (Å²) in [4.78, 5) is 9.77. The van der Waals surface area contributed by atoms with Crippen molar-refractivity contribution in [3.05, 3.63) is 0 Å². The molecule has 0 spiro atoms. The Kier molecular flexibility index (Phi) is 6.70. The minimum atomic E-state index is -0.775. The molecule has 0 aromatic rings. The van der Waals surface area contributed by atoms with Crippen LogP contribution in [0.2, 0.25) is 0 Å². The lowest BCUT2D eigenvalue weighted by molar-refractivity contribution is -0.137. The van der Waals surface area contributed by atoms with E-state index >= 15 is 0 Å². The third-order valence-electron chi connectivity index (χ3n) is 1.36. The van der Waals surface area contributed by atoms with E-state index in [1.807, 2.05) is 0 Å². The number of unbranched alkanes of at least 4 members (excludes halogenated alkanes) is 1. The Balaban J connectivity index is 0.000000217. The first-order chi connectivity index (χ1) is 5.70. The van der Waals surface area contributed by atoms with E-state index in [-0.39, 0.29) is 12.5 Å². The number of hydrogen-bond acceptors (Lipinski definition) is 3. The molecule has 0 aromatic heterocycles. The fraction of sp³-hybridized carbons (Fsp3) is 0.875. The van der Waals surface area contributed by atoms with Crippen LogP contribution in [0.25, 0.3) is 0 Å². The maximum atomic E-state index is 9.77. The number of epoxide rings is 1. The molecule has 1 aliphatic heterocycles. The summed E-state index contributed by atoms with van der Waals surface area (Å²) in [6, 6.07) is 0. The van der Waals surface area contributed by atoms with E-state index in [2.05, 4.69) is 11.7 Å². The first-order valence-corrected chi connectivity index (χ1v) is 4.24. The molecule has 1 heterocycles. The predicted molar refractivity (Wildman–Crippen MR) is 46.0 cm³/mol. The molecule has 1 atom stereocenters. The zero-order valence-corrected chi connectivity index (χ0v) is 7.45. The number of carboxylic acid groups (broad SMARTS) is 1. The molecule has 72 valence electrons. The summed E-state index contributed by atoms with van der Waals surface area (Å²) in [5, 5.41) is 8.04. The zero-order chi connectivity index (χ0) is 9.40. The van der Waals surface area contributed by atoms with Crippen LogP contribution in [-0.2, 0) is 9.53 Å². The third kappa shape index (κ3) is 9.39. The van der Waals surface area contributed by atoms with E-state index in [9.17, 15) is 4.79 Å². The molecule has 0 unspecified atom stereocenters. The maximum absolute atomic E-state index is 9.77. The van der Waals surface area contributed by atoms with Crippen molar-refractivity contribution in [1.82, 2.24) is 0 Å². The highest BCUT2D eigenvalue weighted by Crippen LogP contribution is 2.12. The minimum Gasteiger partial charge on any atom is -0.481 e. The molecule has 1 fully saturated rings. The number of hydrogen-bond donors (Lipinski definition) is 2. The molecule has 0 aliphatic carbocycles. The van der Waals surface area contributed by atoms with Crippen molar-refractivity contribution >= 4 is 5.97 Å². The summed E-state index contributed by atoms with van der Waals surface area (Å²) in [5.74, 6) is -0.775. The number of nitrogens with two attached hydrogens (primary N) is 1. The molecule has 0 amide bonds. The second-order valence-corrected chi connectivity index (χ2v) is 2.70. The molecule has 4 heteroatoms. The Bertz CT molecular complexity index is 121. The van der Waals surface area contributed by atoms with E-state index in [1.165, 1.54) is 12.8 Å². The summed E-state index contributed by atoms with van der Waals surface area (Å²) in [6.45, 7) is 3.61. The summed E-state index contributed by atoms with van der Waals surface area (Å²) in [6.07, 6.45) is 2.58. The number of rotatable bonds is 4. The molecular formula is C8H17NO3. The van der Waals surface area contributed by atoms with Gasteiger partial charge in [-0.25, -0.2) is 0 Å². The normalized spacial score (nSPS) is 19.3. The van der Waals surface area contributed by atoms with Gasteiger partial charge in [0, 0.05) is 0 Å². The fourth-order valence-electron chi connectivity index (χ4n) is 0.585. The lowest BCUT2D eigenvalue weighted by Crippen LogP contribution is -1.98. The summed E-state index contributed by atoms with van der Waals surface area (Å²) in [7, 11) is 0. The molecule has 0 aromatic carbocycles. The molecule has 0 saturated carbocycles. The van der Waals surface area contributed by atoms with Crippen molar-refractivity contribution in [1.29, 1.82) is 0 Å². The average molecular weight is 175 g/mol. The SMILES string of the molecule is CCCCN.O=C(O)C[C@@H]1CO1. The molecule has 1 aliphatic rings. The second kappa shape index (κ2) is 7.06. The van der Waals surface area contributed by atoms with Gasteiger partial charge < -0.3 is 15.6 Å². The Labute approximate surface area is 72.7 Å². The standard InChI is InChI=1S/C4H11N.C4H6O3/c1-2-3-4-5;5-4(6)1-3-2-7-3/h2-5H2,1H3;3H,1-2H2,(H,5,6)/t;3-/m.1/s1. The van der Waals surface area contributed by atoms with Crippen LogP contribution < -0.4 is 5.73 Å². The first-order valence-electron chi connectivity index (χ1n) is 4.24. The molecule has 1 saturated heterocycles. The van der Waals surface area contributed by atoms with Crippen molar-refractivity contribution in [3.63, 3.8) is 0 Å². The van der Waals surface area contributed by atoms with Crippen LogP contribution in [0.4, 0.5) is 0 Å². The van der Waals surface area contributed by atoms with Crippen molar-refractivity contribution in [2.45, 2.75) is 32.3 Å².